The van der Waals surface area contributed by atoms with E-state index in [1.807, 2.05) is 6.08 Å². The molecule has 1 amide bonds. The molecule has 0 aromatic carbocycles. The van der Waals surface area contributed by atoms with Crippen LogP contribution in [0.1, 0.15) is 341 Å². The Hall–Kier alpha value is -1.43. The Morgan fingerprint density at radius 1 is 0.348 bits per heavy atom. The third-order valence-corrected chi connectivity index (χ3v) is 14.7. The summed E-state index contributed by atoms with van der Waals surface area (Å²) in [5, 5.41) is 33.4. The van der Waals surface area contributed by atoms with Gasteiger partial charge in [0.1, 0.15) is 6.10 Å². The third-order valence-electron chi connectivity index (χ3n) is 14.7. The number of amides is 1. The lowest BCUT2D eigenvalue weighted by Crippen LogP contribution is -2.48. The maximum absolute atomic E-state index is 12.6. The van der Waals surface area contributed by atoms with E-state index >= 15 is 0 Å². The molecule has 0 saturated carbocycles. The molecule has 0 rings (SSSR count). The zero-order valence-corrected chi connectivity index (χ0v) is 46.7. The van der Waals surface area contributed by atoms with Crippen LogP contribution in [0, 0.1) is 0 Å². The van der Waals surface area contributed by atoms with Gasteiger partial charge in [0.2, 0.25) is 5.91 Å². The second-order valence-electron chi connectivity index (χ2n) is 21.6. The van der Waals surface area contributed by atoms with Gasteiger partial charge in [0.25, 0.3) is 0 Å². The number of rotatable bonds is 58. The highest BCUT2D eigenvalue weighted by Crippen LogP contribution is 2.18. The molecule has 3 atom stereocenters. The summed E-state index contributed by atoms with van der Waals surface area (Å²) >= 11 is 0. The van der Waals surface area contributed by atoms with Gasteiger partial charge in [-0.2, -0.15) is 0 Å². The second-order valence-corrected chi connectivity index (χ2v) is 21.6. The molecule has 408 valence electrons. The first kappa shape index (κ1) is 67.6. The van der Waals surface area contributed by atoms with Crippen molar-refractivity contribution in [3.63, 3.8) is 0 Å². The van der Waals surface area contributed by atoms with E-state index in [-0.39, 0.29) is 6.61 Å². The molecule has 0 radical (unpaired) electrons. The van der Waals surface area contributed by atoms with Crippen LogP contribution in [0.4, 0.5) is 0 Å². The summed E-state index contributed by atoms with van der Waals surface area (Å²) < 4.78 is 0. The molecule has 3 unspecified atom stereocenters. The van der Waals surface area contributed by atoms with Gasteiger partial charge in [0.15, 0.2) is 0 Å². The van der Waals surface area contributed by atoms with Crippen molar-refractivity contribution in [3.05, 3.63) is 36.5 Å². The van der Waals surface area contributed by atoms with E-state index in [1.165, 1.54) is 283 Å². The lowest BCUT2D eigenvalue weighted by molar-refractivity contribution is -0.131. The molecule has 69 heavy (non-hydrogen) atoms. The Morgan fingerprint density at radius 3 is 0.884 bits per heavy atom. The predicted molar refractivity (Wildman–Crippen MR) is 305 cm³/mol. The summed E-state index contributed by atoms with van der Waals surface area (Å²) in [4.78, 5) is 12.6. The monoisotopic (exact) mass is 970 g/mol. The van der Waals surface area contributed by atoms with E-state index in [0.717, 1.165) is 38.5 Å². The molecule has 4 N–H and O–H groups in total. The number of carbonyl (C=O) groups is 1. The zero-order valence-electron chi connectivity index (χ0n) is 46.7. The van der Waals surface area contributed by atoms with Gasteiger partial charge in [0, 0.05) is 0 Å². The maximum atomic E-state index is 12.6. The number of hydrogen-bond donors (Lipinski definition) is 4. The molecule has 0 fully saturated rings. The van der Waals surface area contributed by atoms with Crippen molar-refractivity contribution in [3.8, 4) is 0 Å². The highest BCUT2D eigenvalue weighted by Gasteiger charge is 2.22. The van der Waals surface area contributed by atoms with E-state index in [0.29, 0.717) is 6.42 Å². The number of nitrogens with one attached hydrogen (secondary N) is 1. The predicted octanol–water partition coefficient (Wildman–Crippen LogP) is 19.8. The molecule has 0 bridgehead atoms. The van der Waals surface area contributed by atoms with E-state index in [2.05, 4.69) is 43.5 Å². The molecule has 0 aliphatic heterocycles. The number of aliphatic hydroxyl groups excluding tert-OH is 3. The Balaban J connectivity index is 3.56. The van der Waals surface area contributed by atoms with Crippen LogP contribution in [0.15, 0.2) is 36.5 Å². The Kier molecular flexibility index (Phi) is 57.9. The molecule has 0 aromatic heterocycles. The van der Waals surface area contributed by atoms with Crippen molar-refractivity contribution in [2.24, 2.45) is 0 Å². The van der Waals surface area contributed by atoms with Gasteiger partial charge < -0.3 is 20.6 Å². The molecule has 0 aromatic rings. The van der Waals surface area contributed by atoms with Gasteiger partial charge in [-0.3, -0.25) is 4.79 Å². The van der Waals surface area contributed by atoms with Gasteiger partial charge in [0.05, 0.1) is 18.8 Å². The minimum absolute atomic E-state index is 0.374. The average molecular weight is 971 g/mol. The number of hydrogen-bond acceptors (Lipinski definition) is 4. The average Bonchev–Trinajstić information content (AvgIpc) is 3.35. The van der Waals surface area contributed by atoms with Crippen molar-refractivity contribution in [1.82, 2.24) is 5.32 Å². The standard InChI is InChI=1S/C64H123NO4/c1-3-5-7-9-11-13-15-17-19-21-23-25-27-29-30-31-32-33-35-37-39-41-43-45-47-49-51-53-55-57-59-63(68)64(69)65-61(60-66)62(67)58-56-54-52-50-48-46-44-42-40-38-36-34-28-26-24-22-20-18-16-14-12-10-8-6-4-2/h29-30,48,50,56,58,61-63,66-68H,3-28,31-47,49,51-55,57,59-60H2,1-2H3,(H,65,69)/b30-29-,50-48+,58-56+. The molecule has 5 heteroatoms. The summed E-state index contributed by atoms with van der Waals surface area (Å²) in [5.74, 6) is -0.508. The molecule has 0 aliphatic carbocycles. The highest BCUT2D eigenvalue weighted by molar-refractivity contribution is 5.80. The lowest BCUT2D eigenvalue weighted by Gasteiger charge is -2.21. The molecule has 0 saturated heterocycles. The summed E-state index contributed by atoms with van der Waals surface area (Å²) in [6.07, 6.45) is 78.3. The minimum atomic E-state index is -1.11. The molecule has 0 spiro atoms. The number of allylic oxidation sites excluding steroid dienone is 5. The maximum Gasteiger partial charge on any atom is 0.249 e. The fraction of sp³-hybridized carbons (Fsp3) is 0.891. The second kappa shape index (κ2) is 59.1. The normalized spacial score (nSPS) is 13.4. The summed E-state index contributed by atoms with van der Waals surface area (Å²) in [6, 6.07) is -0.815. The third kappa shape index (κ3) is 54.2. The molecule has 0 aliphatic rings. The Bertz CT molecular complexity index is 1070. The fourth-order valence-electron chi connectivity index (χ4n) is 9.85. The van der Waals surface area contributed by atoms with Crippen molar-refractivity contribution >= 4 is 5.91 Å². The van der Waals surface area contributed by atoms with Crippen LogP contribution < -0.4 is 5.32 Å². The molecule has 0 heterocycles. The first-order valence-corrected chi connectivity index (χ1v) is 31.3. The van der Waals surface area contributed by atoms with Crippen LogP contribution in [-0.4, -0.2) is 46.1 Å². The van der Waals surface area contributed by atoms with Crippen molar-refractivity contribution < 1.29 is 20.1 Å². The summed E-state index contributed by atoms with van der Waals surface area (Å²) in [7, 11) is 0. The quantitative estimate of drug-likeness (QED) is 0.0361. The van der Waals surface area contributed by atoms with Crippen LogP contribution in [-0.2, 0) is 4.79 Å². The Morgan fingerprint density at radius 2 is 0.594 bits per heavy atom. The molecular weight excluding hydrogens is 847 g/mol. The minimum Gasteiger partial charge on any atom is -0.394 e. The first-order chi connectivity index (χ1) is 34.1. The van der Waals surface area contributed by atoms with Gasteiger partial charge in [-0.15, -0.1) is 0 Å². The SMILES string of the molecule is CCCCCCCCCCCCCC/C=C\CCCCCCCCCCCCCCCCC(O)C(=O)NC(CO)C(O)/C=C/CC/C=C/CCCCCCCCCCCCCCCCCCCCC. The van der Waals surface area contributed by atoms with Gasteiger partial charge in [-0.05, 0) is 57.8 Å². The van der Waals surface area contributed by atoms with Gasteiger partial charge in [-0.1, -0.05) is 320 Å². The lowest BCUT2D eigenvalue weighted by atomic mass is 10.0. The number of unbranched alkanes of at least 4 members (excludes halogenated alkanes) is 46. The Labute approximate surface area is 432 Å². The first-order valence-electron chi connectivity index (χ1n) is 31.3. The fourth-order valence-corrected chi connectivity index (χ4v) is 9.85. The summed E-state index contributed by atoms with van der Waals surface area (Å²) in [5.41, 5.74) is 0. The van der Waals surface area contributed by atoms with Crippen molar-refractivity contribution in [2.75, 3.05) is 6.61 Å². The van der Waals surface area contributed by atoms with Crippen LogP contribution in [0.5, 0.6) is 0 Å². The van der Waals surface area contributed by atoms with E-state index in [4.69, 9.17) is 0 Å². The largest absolute Gasteiger partial charge is 0.394 e. The summed E-state index contributed by atoms with van der Waals surface area (Å²) in [6.45, 7) is 4.22. The van der Waals surface area contributed by atoms with Crippen molar-refractivity contribution in [2.45, 2.75) is 360 Å². The highest BCUT2D eigenvalue weighted by atomic mass is 16.3. The zero-order chi connectivity index (χ0) is 50.0. The van der Waals surface area contributed by atoms with Crippen LogP contribution in [0.25, 0.3) is 0 Å². The van der Waals surface area contributed by atoms with Crippen LogP contribution in [0.2, 0.25) is 0 Å². The number of aliphatic hydroxyl groups is 3. The van der Waals surface area contributed by atoms with Gasteiger partial charge in [-0.25, -0.2) is 0 Å². The topological polar surface area (TPSA) is 89.8 Å². The van der Waals surface area contributed by atoms with Crippen LogP contribution >= 0.6 is 0 Å². The smallest absolute Gasteiger partial charge is 0.249 e. The number of carbonyl (C=O) groups excluding carboxylic acids is 1. The van der Waals surface area contributed by atoms with Gasteiger partial charge >= 0.3 is 0 Å². The van der Waals surface area contributed by atoms with Crippen molar-refractivity contribution in [1.29, 1.82) is 0 Å². The van der Waals surface area contributed by atoms with E-state index in [9.17, 15) is 20.1 Å². The molecule has 5 nitrogen and oxygen atoms in total. The van der Waals surface area contributed by atoms with E-state index < -0.39 is 24.2 Å². The molecular formula is C64H123NO4. The van der Waals surface area contributed by atoms with Crippen LogP contribution in [0.3, 0.4) is 0 Å². The van der Waals surface area contributed by atoms with E-state index in [1.54, 1.807) is 6.08 Å².